The number of carbonyl (C=O) groups excluding carboxylic acids is 1. The summed E-state index contributed by atoms with van der Waals surface area (Å²) in [6.07, 6.45) is 1.30. The van der Waals surface area contributed by atoms with E-state index in [0.29, 0.717) is 36.0 Å². The minimum atomic E-state index is -4.42. The van der Waals surface area contributed by atoms with Gasteiger partial charge in [-0.05, 0) is 37.8 Å². The maximum Gasteiger partial charge on any atom is 0.417 e. The zero-order chi connectivity index (χ0) is 19.4. The van der Waals surface area contributed by atoms with Crippen molar-refractivity contribution < 1.29 is 27.4 Å². The lowest BCUT2D eigenvalue weighted by Gasteiger charge is -2.29. The highest BCUT2D eigenvalue weighted by Gasteiger charge is 2.31. The van der Waals surface area contributed by atoms with E-state index in [-0.39, 0.29) is 23.9 Å². The van der Waals surface area contributed by atoms with Crippen LogP contribution >= 0.6 is 0 Å². The van der Waals surface area contributed by atoms with Crippen molar-refractivity contribution in [3.8, 4) is 5.88 Å². The molecule has 0 saturated heterocycles. The van der Waals surface area contributed by atoms with Crippen LogP contribution in [0.15, 0.2) is 42.9 Å². The molecule has 0 radical (unpaired) electrons. The SMILES string of the molecule is O=C(NC1CCC(Oc2ccc(C(F)(F)F)cn2)CC1)c1ccc[n+]([O-])c1. The number of aromatic nitrogens is 2. The van der Waals surface area contributed by atoms with E-state index in [1.54, 1.807) is 6.07 Å². The predicted octanol–water partition coefficient (Wildman–Crippen LogP) is 2.85. The van der Waals surface area contributed by atoms with Gasteiger partial charge in [0.15, 0.2) is 12.4 Å². The van der Waals surface area contributed by atoms with Gasteiger partial charge in [-0.15, -0.1) is 0 Å². The monoisotopic (exact) mass is 381 g/mol. The Labute approximate surface area is 153 Å². The van der Waals surface area contributed by atoms with E-state index in [1.807, 2.05) is 0 Å². The summed E-state index contributed by atoms with van der Waals surface area (Å²) in [5.41, 5.74) is -0.526. The largest absolute Gasteiger partial charge is 0.619 e. The number of pyridine rings is 2. The first-order valence-corrected chi connectivity index (χ1v) is 8.51. The molecule has 6 nitrogen and oxygen atoms in total. The molecule has 0 atom stereocenters. The van der Waals surface area contributed by atoms with Gasteiger partial charge in [0.25, 0.3) is 5.91 Å². The maximum atomic E-state index is 12.5. The van der Waals surface area contributed by atoms with Gasteiger partial charge in [-0.25, -0.2) is 4.98 Å². The molecular formula is C18H18F3N3O3. The zero-order valence-electron chi connectivity index (χ0n) is 14.3. The van der Waals surface area contributed by atoms with E-state index in [0.717, 1.165) is 12.3 Å². The number of nitrogens with one attached hydrogen (secondary N) is 1. The molecule has 0 spiro atoms. The second kappa shape index (κ2) is 7.81. The Morgan fingerprint density at radius 3 is 2.56 bits per heavy atom. The topological polar surface area (TPSA) is 78.2 Å². The van der Waals surface area contributed by atoms with Gasteiger partial charge in [-0.3, -0.25) is 4.79 Å². The van der Waals surface area contributed by atoms with Crippen molar-refractivity contribution in [1.29, 1.82) is 0 Å². The fraction of sp³-hybridized carbons (Fsp3) is 0.389. The van der Waals surface area contributed by atoms with Crippen LogP contribution in [0.25, 0.3) is 0 Å². The lowest BCUT2D eigenvalue weighted by Crippen LogP contribution is -2.40. The molecular weight excluding hydrogens is 363 g/mol. The van der Waals surface area contributed by atoms with Crippen LogP contribution in [0.5, 0.6) is 5.88 Å². The molecule has 144 valence electrons. The van der Waals surface area contributed by atoms with E-state index >= 15 is 0 Å². The Morgan fingerprint density at radius 2 is 1.96 bits per heavy atom. The van der Waals surface area contributed by atoms with Crippen LogP contribution < -0.4 is 14.8 Å². The molecule has 9 heteroatoms. The van der Waals surface area contributed by atoms with E-state index in [1.165, 1.54) is 24.5 Å². The van der Waals surface area contributed by atoms with Crippen molar-refractivity contribution in [2.45, 2.75) is 44.0 Å². The van der Waals surface area contributed by atoms with Gasteiger partial charge in [-0.2, -0.15) is 17.9 Å². The van der Waals surface area contributed by atoms with Gasteiger partial charge in [-0.1, -0.05) is 0 Å². The summed E-state index contributed by atoms with van der Waals surface area (Å²) in [7, 11) is 0. The van der Waals surface area contributed by atoms with Crippen molar-refractivity contribution >= 4 is 5.91 Å². The molecule has 1 N–H and O–H groups in total. The number of amides is 1. The number of ether oxygens (including phenoxy) is 1. The van der Waals surface area contributed by atoms with Crippen LogP contribution in [0.2, 0.25) is 0 Å². The van der Waals surface area contributed by atoms with Gasteiger partial charge < -0.3 is 15.3 Å². The standard InChI is InChI=1S/C18H18F3N3O3/c19-18(20,21)13-3-8-16(22-10-13)27-15-6-4-14(5-7-15)23-17(25)12-2-1-9-24(26)11-12/h1-3,8-11,14-15H,4-7H2,(H,23,25). The molecule has 2 aromatic rings. The average Bonchev–Trinajstić information content (AvgIpc) is 2.63. The maximum absolute atomic E-state index is 12.5. The third kappa shape index (κ3) is 5.08. The molecule has 1 saturated carbocycles. The van der Waals surface area contributed by atoms with E-state index < -0.39 is 11.7 Å². The number of alkyl halides is 3. The highest BCUT2D eigenvalue weighted by molar-refractivity contribution is 5.93. The van der Waals surface area contributed by atoms with Crippen LogP contribution in [-0.4, -0.2) is 23.0 Å². The molecule has 3 rings (SSSR count). The van der Waals surface area contributed by atoms with Crippen LogP contribution in [0, 0.1) is 5.21 Å². The van der Waals surface area contributed by atoms with Crippen molar-refractivity contribution in [1.82, 2.24) is 10.3 Å². The minimum absolute atomic E-state index is 0.0433. The van der Waals surface area contributed by atoms with Gasteiger partial charge in [0.2, 0.25) is 5.88 Å². The fourth-order valence-electron chi connectivity index (χ4n) is 2.97. The van der Waals surface area contributed by atoms with Gasteiger partial charge >= 0.3 is 6.18 Å². The smallest absolute Gasteiger partial charge is 0.417 e. The third-order valence-corrected chi connectivity index (χ3v) is 4.40. The van der Waals surface area contributed by atoms with Crippen LogP contribution in [0.1, 0.15) is 41.6 Å². The molecule has 1 amide bonds. The van der Waals surface area contributed by atoms with E-state index in [2.05, 4.69) is 10.3 Å². The Balaban J connectivity index is 1.48. The van der Waals surface area contributed by atoms with E-state index in [4.69, 9.17) is 4.74 Å². The predicted molar refractivity (Wildman–Crippen MR) is 88.8 cm³/mol. The first-order valence-electron chi connectivity index (χ1n) is 8.51. The van der Waals surface area contributed by atoms with Crippen LogP contribution in [-0.2, 0) is 6.18 Å². The van der Waals surface area contributed by atoms with Gasteiger partial charge in [0.05, 0.1) is 5.56 Å². The molecule has 0 unspecified atom stereocenters. The summed E-state index contributed by atoms with van der Waals surface area (Å²) >= 11 is 0. The quantitative estimate of drug-likeness (QED) is 0.653. The lowest BCUT2D eigenvalue weighted by atomic mass is 9.92. The Kier molecular flexibility index (Phi) is 5.48. The number of hydrogen-bond donors (Lipinski definition) is 1. The summed E-state index contributed by atoms with van der Waals surface area (Å²) in [6, 6.07) is 5.18. The summed E-state index contributed by atoms with van der Waals surface area (Å²) in [5.74, 6) is -0.159. The second-order valence-corrected chi connectivity index (χ2v) is 6.40. The Hall–Kier alpha value is -2.84. The lowest BCUT2D eigenvalue weighted by molar-refractivity contribution is -0.605. The van der Waals surface area contributed by atoms with Crippen LogP contribution in [0.3, 0.4) is 0 Å². The Morgan fingerprint density at radius 1 is 1.22 bits per heavy atom. The van der Waals surface area contributed by atoms with Crippen molar-refractivity contribution in [3.05, 3.63) is 59.2 Å². The molecule has 2 aromatic heterocycles. The number of halogens is 3. The minimum Gasteiger partial charge on any atom is -0.619 e. The number of rotatable bonds is 4. The molecule has 27 heavy (non-hydrogen) atoms. The summed E-state index contributed by atoms with van der Waals surface area (Å²) in [5, 5.41) is 14.1. The first-order chi connectivity index (χ1) is 12.8. The normalized spacial score (nSPS) is 20.1. The molecule has 0 aliphatic heterocycles. The highest BCUT2D eigenvalue weighted by Crippen LogP contribution is 2.30. The summed E-state index contributed by atoms with van der Waals surface area (Å²) in [6.45, 7) is 0. The third-order valence-electron chi connectivity index (χ3n) is 4.40. The van der Waals surface area contributed by atoms with Crippen molar-refractivity contribution in [2.24, 2.45) is 0 Å². The molecule has 0 aromatic carbocycles. The number of carbonyl (C=O) groups is 1. The summed E-state index contributed by atoms with van der Waals surface area (Å²) < 4.78 is 43.8. The summed E-state index contributed by atoms with van der Waals surface area (Å²) in [4.78, 5) is 15.9. The van der Waals surface area contributed by atoms with E-state index in [9.17, 15) is 23.2 Å². The van der Waals surface area contributed by atoms with Gasteiger partial charge in [0, 0.05) is 24.4 Å². The van der Waals surface area contributed by atoms with Crippen molar-refractivity contribution in [3.63, 3.8) is 0 Å². The highest BCUT2D eigenvalue weighted by atomic mass is 19.4. The van der Waals surface area contributed by atoms with Crippen LogP contribution in [0.4, 0.5) is 13.2 Å². The van der Waals surface area contributed by atoms with Crippen molar-refractivity contribution in [2.75, 3.05) is 0 Å². The molecule has 1 aliphatic rings. The number of nitrogens with zero attached hydrogens (tertiary/aromatic N) is 2. The van der Waals surface area contributed by atoms with Gasteiger partial charge in [0.1, 0.15) is 11.7 Å². The zero-order valence-corrected chi connectivity index (χ0v) is 14.3. The molecule has 0 bridgehead atoms. The second-order valence-electron chi connectivity index (χ2n) is 6.40. The fourth-order valence-corrected chi connectivity index (χ4v) is 2.97. The Bertz CT molecular complexity index is 788. The first kappa shape index (κ1) is 18.9. The number of hydrogen-bond acceptors (Lipinski definition) is 4. The molecule has 2 heterocycles. The molecule has 1 fully saturated rings. The molecule has 1 aliphatic carbocycles. The average molecular weight is 381 g/mol.